The lowest BCUT2D eigenvalue weighted by Crippen LogP contribution is -1.90. The second-order valence-electron chi connectivity index (χ2n) is 4.20. The lowest BCUT2D eigenvalue weighted by atomic mass is 10.2. The molecule has 0 amide bonds. The van der Waals surface area contributed by atoms with Crippen LogP contribution in [0, 0.1) is 0 Å². The summed E-state index contributed by atoms with van der Waals surface area (Å²) in [6.45, 7) is 0. The van der Waals surface area contributed by atoms with Gasteiger partial charge in [0.15, 0.2) is 0 Å². The van der Waals surface area contributed by atoms with Crippen LogP contribution in [-0.2, 0) is 5.75 Å². The van der Waals surface area contributed by atoms with E-state index in [-0.39, 0.29) is 0 Å². The number of hydrogen-bond acceptors (Lipinski definition) is 5. The number of H-pyrrole nitrogens is 1. The molecule has 21 heavy (non-hydrogen) atoms. The molecule has 1 N–H and O–H groups in total. The fourth-order valence-electron chi connectivity index (χ4n) is 1.84. The molecule has 108 valence electrons. The van der Waals surface area contributed by atoms with E-state index in [1.807, 2.05) is 36.5 Å². The van der Waals surface area contributed by atoms with E-state index in [4.69, 9.17) is 9.15 Å². The van der Waals surface area contributed by atoms with Gasteiger partial charge in [0.05, 0.1) is 7.11 Å². The SMILES string of the molecule is COc1ccc(Br)cc1CSc1nnc(-c2ccc[nH]2)o1. The molecule has 0 unspecified atom stereocenters. The largest absolute Gasteiger partial charge is 0.496 e. The van der Waals surface area contributed by atoms with Crippen LogP contribution in [0.3, 0.4) is 0 Å². The van der Waals surface area contributed by atoms with Crippen molar-refractivity contribution >= 4 is 27.7 Å². The normalized spacial score (nSPS) is 10.8. The van der Waals surface area contributed by atoms with Gasteiger partial charge in [-0.15, -0.1) is 10.2 Å². The molecule has 0 aliphatic rings. The number of thioether (sulfide) groups is 1. The van der Waals surface area contributed by atoms with Crippen LogP contribution in [-0.4, -0.2) is 22.3 Å². The van der Waals surface area contributed by atoms with Crippen LogP contribution in [0.2, 0.25) is 0 Å². The molecular weight excluding hydrogens is 354 g/mol. The van der Waals surface area contributed by atoms with Gasteiger partial charge < -0.3 is 14.1 Å². The monoisotopic (exact) mass is 365 g/mol. The minimum Gasteiger partial charge on any atom is -0.496 e. The van der Waals surface area contributed by atoms with E-state index < -0.39 is 0 Å². The van der Waals surface area contributed by atoms with Gasteiger partial charge in [-0.25, -0.2) is 0 Å². The van der Waals surface area contributed by atoms with Gasteiger partial charge in [0.1, 0.15) is 11.4 Å². The molecule has 3 aromatic rings. The Balaban J connectivity index is 1.72. The van der Waals surface area contributed by atoms with Crippen molar-refractivity contribution in [3.05, 3.63) is 46.6 Å². The molecule has 0 aliphatic heterocycles. The maximum absolute atomic E-state index is 5.61. The zero-order chi connectivity index (χ0) is 14.7. The molecule has 2 heterocycles. The third-order valence-corrected chi connectivity index (χ3v) is 4.19. The summed E-state index contributed by atoms with van der Waals surface area (Å²) in [7, 11) is 1.66. The van der Waals surface area contributed by atoms with E-state index in [0.717, 1.165) is 21.5 Å². The highest BCUT2D eigenvalue weighted by Gasteiger charge is 2.11. The average Bonchev–Trinajstić information content (AvgIpc) is 3.16. The third-order valence-electron chi connectivity index (χ3n) is 2.83. The lowest BCUT2D eigenvalue weighted by molar-refractivity contribution is 0.411. The maximum atomic E-state index is 5.61. The average molecular weight is 366 g/mol. The zero-order valence-electron chi connectivity index (χ0n) is 11.2. The van der Waals surface area contributed by atoms with Crippen molar-refractivity contribution in [3.63, 3.8) is 0 Å². The molecule has 0 bridgehead atoms. The van der Waals surface area contributed by atoms with E-state index in [1.54, 1.807) is 7.11 Å². The third kappa shape index (κ3) is 3.30. The number of aromatic amines is 1. The van der Waals surface area contributed by atoms with Crippen molar-refractivity contribution < 1.29 is 9.15 Å². The molecule has 7 heteroatoms. The van der Waals surface area contributed by atoms with E-state index in [0.29, 0.717) is 16.9 Å². The van der Waals surface area contributed by atoms with Crippen LogP contribution in [0.25, 0.3) is 11.6 Å². The summed E-state index contributed by atoms with van der Waals surface area (Å²) in [5.41, 5.74) is 1.88. The Morgan fingerprint density at radius 3 is 3.00 bits per heavy atom. The number of benzene rings is 1. The maximum Gasteiger partial charge on any atom is 0.277 e. The molecule has 0 radical (unpaired) electrons. The van der Waals surface area contributed by atoms with Crippen molar-refractivity contribution in [2.45, 2.75) is 11.0 Å². The van der Waals surface area contributed by atoms with Crippen molar-refractivity contribution in [3.8, 4) is 17.3 Å². The van der Waals surface area contributed by atoms with Crippen molar-refractivity contribution in [1.82, 2.24) is 15.2 Å². The molecule has 5 nitrogen and oxygen atoms in total. The fourth-order valence-corrected chi connectivity index (χ4v) is 2.99. The highest BCUT2D eigenvalue weighted by Crippen LogP contribution is 2.30. The van der Waals surface area contributed by atoms with E-state index in [9.17, 15) is 0 Å². The Bertz CT molecular complexity index is 728. The Morgan fingerprint density at radius 1 is 1.33 bits per heavy atom. The van der Waals surface area contributed by atoms with Gasteiger partial charge in [-0.3, -0.25) is 0 Å². The zero-order valence-corrected chi connectivity index (χ0v) is 13.6. The topological polar surface area (TPSA) is 63.9 Å². The van der Waals surface area contributed by atoms with Gasteiger partial charge in [0, 0.05) is 22.0 Å². The highest BCUT2D eigenvalue weighted by atomic mass is 79.9. The first-order valence-electron chi connectivity index (χ1n) is 6.19. The highest BCUT2D eigenvalue weighted by molar-refractivity contribution is 9.10. The molecule has 1 aromatic carbocycles. The van der Waals surface area contributed by atoms with Crippen LogP contribution in [0.15, 0.2) is 50.6 Å². The standard InChI is InChI=1S/C14H12BrN3O2S/c1-19-12-5-4-10(15)7-9(12)8-21-14-18-17-13(20-14)11-3-2-6-16-11/h2-7,16H,8H2,1H3. The number of nitrogens with one attached hydrogen (secondary N) is 1. The number of halogens is 1. The van der Waals surface area contributed by atoms with Crippen LogP contribution in [0.4, 0.5) is 0 Å². The summed E-state index contributed by atoms with van der Waals surface area (Å²) in [6, 6.07) is 9.67. The quantitative estimate of drug-likeness (QED) is 0.688. The van der Waals surface area contributed by atoms with Crippen LogP contribution in [0.5, 0.6) is 5.75 Å². The lowest BCUT2D eigenvalue weighted by Gasteiger charge is -2.07. The van der Waals surface area contributed by atoms with Gasteiger partial charge in [-0.1, -0.05) is 27.7 Å². The molecule has 3 rings (SSSR count). The fraction of sp³-hybridized carbons (Fsp3) is 0.143. The predicted octanol–water partition coefficient (Wildman–Crippen LogP) is 4.13. The van der Waals surface area contributed by atoms with Crippen molar-refractivity contribution in [1.29, 1.82) is 0 Å². The summed E-state index contributed by atoms with van der Waals surface area (Å²) in [5, 5.41) is 8.59. The predicted molar refractivity (Wildman–Crippen MR) is 84.3 cm³/mol. The minimum absolute atomic E-state index is 0.490. The molecule has 0 aliphatic carbocycles. The Kier molecular flexibility index (Phi) is 4.31. The van der Waals surface area contributed by atoms with Crippen molar-refractivity contribution in [2.24, 2.45) is 0 Å². The second-order valence-corrected chi connectivity index (χ2v) is 6.04. The molecule has 0 saturated carbocycles. The molecule has 0 saturated heterocycles. The molecule has 0 spiro atoms. The number of aromatic nitrogens is 3. The Morgan fingerprint density at radius 2 is 2.24 bits per heavy atom. The number of rotatable bonds is 5. The molecule has 0 fully saturated rings. The van der Waals surface area contributed by atoms with Crippen LogP contribution < -0.4 is 4.74 Å². The van der Waals surface area contributed by atoms with Gasteiger partial charge in [0.25, 0.3) is 11.1 Å². The first kappa shape index (κ1) is 14.2. The van der Waals surface area contributed by atoms with E-state index in [1.165, 1.54) is 11.8 Å². The molecule has 0 atom stereocenters. The number of ether oxygens (including phenoxy) is 1. The first-order chi connectivity index (χ1) is 10.3. The van der Waals surface area contributed by atoms with Gasteiger partial charge in [-0.05, 0) is 30.3 Å². The van der Waals surface area contributed by atoms with E-state index >= 15 is 0 Å². The molecular formula is C14H12BrN3O2S. The Hall–Kier alpha value is -1.73. The summed E-state index contributed by atoms with van der Waals surface area (Å²) < 4.78 is 12.0. The smallest absolute Gasteiger partial charge is 0.277 e. The Labute approximate surface area is 134 Å². The summed E-state index contributed by atoms with van der Waals surface area (Å²) in [4.78, 5) is 3.03. The number of hydrogen-bond donors (Lipinski definition) is 1. The van der Waals surface area contributed by atoms with Gasteiger partial charge in [-0.2, -0.15) is 0 Å². The van der Waals surface area contributed by atoms with Crippen LogP contribution in [0.1, 0.15) is 5.56 Å². The number of nitrogens with zero attached hydrogens (tertiary/aromatic N) is 2. The van der Waals surface area contributed by atoms with E-state index in [2.05, 4.69) is 31.1 Å². The van der Waals surface area contributed by atoms with Gasteiger partial charge in [0.2, 0.25) is 0 Å². The summed E-state index contributed by atoms with van der Waals surface area (Å²) in [5.74, 6) is 2.02. The van der Waals surface area contributed by atoms with Crippen molar-refractivity contribution in [2.75, 3.05) is 7.11 Å². The summed E-state index contributed by atoms with van der Waals surface area (Å²) in [6.07, 6.45) is 1.82. The minimum atomic E-state index is 0.490. The first-order valence-corrected chi connectivity index (χ1v) is 7.96. The van der Waals surface area contributed by atoms with Crippen LogP contribution >= 0.6 is 27.7 Å². The molecule has 2 aromatic heterocycles. The second kappa shape index (κ2) is 6.36. The van der Waals surface area contributed by atoms with Gasteiger partial charge >= 0.3 is 0 Å². The number of methoxy groups -OCH3 is 1. The summed E-state index contributed by atoms with van der Waals surface area (Å²) >= 11 is 4.94.